The molecule has 22 heavy (non-hydrogen) atoms. The third-order valence-corrected chi connectivity index (χ3v) is 3.29. The maximum Gasteiger partial charge on any atom is 0.160 e. The first-order valence-electron chi connectivity index (χ1n) is 6.77. The molecule has 0 aliphatic carbocycles. The van der Waals surface area contributed by atoms with E-state index in [1.54, 1.807) is 24.3 Å². The first-order chi connectivity index (χ1) is 10.5. The molecule has 0 saturated carbocycles. The Morgan fingerprint density at radius 2 is 1.27 bits per heavy atom. The zero-order valence-corrected chi connectivity index (χ0v) is 12.5. The Labute approximate surface area is 128 Å². The smallest absolute Gasteiger partial charge is 0.160 e. The molecule has 2 aromatic rings. The van der Waals surface area contributed by atoms with Gasteiger partial charge >= 0.3 is 0 Å². The van der Waals surface area contributed by atoms with Crippen molar-refractivity contribution in [3.8, 4) is 23.0 Å². The molecular weight excluding hydrogens is 284 g/mol. The van der Waals surface area contributed by atoms with E-state index in [2.05, 4.69) is 0 Å². The predicted molar refractivity (Wildman–Crippen MR) is 81.7 cm³/mol. The summed E-state index contributed by atoms with van der Waals surface area (Å²) in [5, 5.41) is 19.1. The average molecular weight is 302 g/mol. The predicted octanol–water partition coefficient (Wildman–Crippen LogP) is 2.47. The molecule has 5 nitrogen and oxygen atoms in total. The van der Waals surface area contributed by atoms with Gasteiger partial charge in [0.25, 0.3) is 0 Å². The lowest BCUT2D eigenvalue weighted by Gasteiger charge is -2.08. The number of rotatable bonds is 6. The minimum Gasteiger partial charge on any atom is -0.504 e. The third-order valence-electron chi connectivity index (χ3n) is 3.29. The quantitative estimate of drug-likeness (QED) is 0.857. The number of benzene rings is 2. The molecular formula is C17H18O5. The Morgan fingerprint density at radius 1 is 0.864 bits per heavy atom. The van der Waals surface area contributed by atoms with Crippen LogP contribution in [-0.2, 0) is 17.6 Å². The summed E-state index contributed by atoms with van der Waals surface area (Å²) in [4.78, 5) is 12.1. The maximum absolute atomic E-state index is 12.1. The highest BCUT2D eigenvalue weighted by Crippen LogP contribution is 2.28. The van der Waals surface area contributed by atoms with E-state index in [-0.39, 0.29) is 30.1 Å². The molecule has 0 spiro atoms. The minimum atomic E-state index is 0.0143. The van der Waals surface area contributed by atoms with Gasteiger partial charge in [-0.2, -0.15) is 0 Å². The zero-order valence-electron chi connectivity index (χ0n) is 12.5. The van der Waals surface area contributed by atoms with E-state index < -0.39 is 0 Å². The fourth-order valence-corrected chi connectivity index (χ4v) is 2.18. The third kappa shape index (κ3) is 3.69. The molecule has 0 radical (unpaired) electrons. The van der Waals surface area contributed by atoms with Crippen LogP contribution in [0.25, 0.3) is 0 Å². The fourth-order valence-electron chi connectivity index (χ4n) is 2.18. The first kappa shape index (κ1) is 15.7. The molecule has 0 aliphatic rings. The van der Waals surface area contributed by atoms with E-state index in [4.69, 9.17) is 9.47 Å². The maximum atomic E-state index is 12.1. The van der Waals surface area contributed by atoms with Gasteiger partial charge in [0.15, 0.2) is 23.0 Å². The van der Waals surface area contributed by atoms with Crippen molar-refractivity contribution in [2.24, 2.45) is 0 Å². The fraction of sp³-hybridized carbons (Fsp3) is 0.235. The van der Waals surface area contributed by atoms with Crippen molar-refractivity contribution in [1.29, 1.82) is 0 Å². The van der Waals surface area contributed by atoms with E-state index in [1.165, 1.54) is 26.4 Å². The van der Waals surface area contributed by atoms with Crippen molar-refractivity contribution in [1.82, 2.24) is 0 Å². The van der Waals surface area contributed by atoms with Crippen molar-refractivity contribution < 1.29 is 24.5 Å². The van der Waals surface area contributed by atoms with Crippen molar-refractivity contribution in [3.05, 3.63) is 47.5 Å². The standard InChI is InChI=1S/C17H18O5/c1-21-16-9-11(3-5-14(16)19)7-13(18)8-12-4-6-15(20)17(10-12)22-2/h3-6,9-10,19-20H,7-8H2,1-2H3. The molecule has 0 fully saturated rings. The first-order valence-corrected chi connectivity index (χ1v) is 6.77. The molecule has 2 N–H and O–H groups in total. The monoisotopic (exact) mass is 302 g/mol. The van der Waals surface area contributed by atoms with Gasteiger partial charge in [-0.05, 0) is 35.4 Å². The molecule has 0 bridgehead atoms. The molecule has 0 unspecified atom stereocenters. The number of methoxy groups -OCH3 is 2. The number of aromatic hydroxyl groups is 2. The SMILES string of the molecule is COc1cc(CC(=O)Cc2ccc(O)c(OC)c2)ccc1O. The van der Waals surface area contributed by atoms with Gasteiger partial charge in [-0.3, -0.25) is 4.79 Å². The number of carbonyl (C=O) groups excluding carboxylic acids is 1. The summed E-state index contributed by atoms with van der Waals surface area (Å²) in [7, 11) is 2.92. The highest BCUT2D eigenvalue weighted by Gasteiger charge is 2.10. The summed E-state index contributed by atoms with van der Waals surface area (Å²) in [6, 6.07) is 9.67. The lowest BCUT2D eigenvalue weighted by molar-refractivity contribution is -0.117. The number of ether oxygens (including phenoxy) is 2. The molecule has 0 aliphatic heterocycles. The van der Waals surface area contributed by atoms with Crippen LogP contribution in [0.2, 0.25) is 0 Å². The van der Waals surface area contributed by atoms with Crippen LogP contribution in [0, 0.1) is 0 Å². The van der Waals surface area contributed by atoms with Crippen LogP contribution in [-0.4, -0.2) is 30.2 Å². The number of hydrogen-bond donors (Lipinski definition) is 2. The highest BCUT2D eigenvalue weighted by atomic mass is 16.5. The van der Waals surface area contributed by atoms with Crippen LogP contribution in [0.15, 0.2) is 36.4 Å². The summed E-state index contributed by atoms with van der Waals surface area (Å²) in [5.74, 6) is 0.789. The van der Waals surface area contributed by atoms with E-state index in [0.717, 1.165) is 11.1 Å². The number of hydrogen-bond acceptors (Lipinski definition) is 5. The van der Waals surface area contributed by atoms with Gasteiger partial charge in [-0.1, -0.05) is 12.1 Å². The van der Waals surface area contributed by atoms with E-state index in [1.807, 2.05) is 0 Å². The normalized spacial score (nSPS) is 10.3. The van der Waals surface area contributed by atoms with Crippen molar-refractivity contribution in [2.75, 3.05) is 14.2 Å². The summed E-state index contributed by atoms with van der Waals surface area (Å²) >= 11 is 0. The molecule has 0 heterocycles. The second-order valence-electron chi connectivity index (χ2n) is 4.90. The Balaban J connectivity index is 2.07. The largest absolute Gasteiger partial charge is 0.504 e. The van der Waals surface area contributed by atoms with Crippen molar-refractivity contribution in [3.63, 3.8) is 0 Å². The Bertz CT molecular complexity index is 621. The summed E-state index contributed by atoms with van der Waals surface area (Å²) in [5.41, 5.74) is 1.54. The lowest BCUT2D eigenvalue weighted by atomic mass is 10.0. The van der Waals surface area contributed by atoms with Gasteiger partial charge in [0.2, 0.25) is 0 Å². The Morgan fingerprint density at radius 3 is 1.64 bits per heavy atom. The zero-order chi connectivity index (χ0) is 16.1. The highest BCUT2D eigenvalue weighted by molar-refractivity contribution is 5.83. The number of phenolic OH excluding ortho intramolecular Hbond substituents is 2. The van der Waals surface area contributed by atoms with Crippen LogP contribution in [0.5, 0.6) is 23.0 Å². The minimum absolute atomic E-state index is 0.0143. The van der Waals surface area contributed by atoms with Gasteiger partial charge in [-0.15, -0.1) is 0 Å². The van der Waals surface area contributed by atoms with Gasteiger partial charge in [0.05, 0.1) is 14.2 Å². The Kier molecular flexibility index (Phi) is 4.88. The molecule has 0 saturated heterocycles. The van der Waals surface area contributed by atoms with Gasteiger partial charge in [0.1, 0.15) is 5.78 Å². The average Bonchev–Trinajstić information content (AvgIpc) is 2.51. The summed E-state index contributed by atoms with van der Waals surface area (Å²) < 4.78 is 10.0. The van der Waals surface area contributed by atoms with Crippen molar-refractivity contribution >= 4 is 5.78 Å². The van der Waals surface area contributed by atoms with Crippen LogP contribution in [0.3, 0.4) is 0 Å². The molecule has 0 atom stereocenters. The van der Waals surface area contributed by atoms with Gasteiger partial charge in [-0.25, -0.2) is 0 Å². The van der Waals surface area contributed by atoms with Crippen LogP contribution in [0.4, 0.5) is 0 Å². The van der Waals surface area contributed by atoms with E-state index in [0.29, 0.717) is 11.5 Å². The molecule has 116 valence electrons. The van der Waals surface area contributed by atoms with Crippen LogP contribution in [0.1, 0.15) is 11.1 Å². The summed E-state index contributed by atoms with van der Waals surface area (Å²) in [6.45, 7) is 0. The molecule has 0 aromatic heterocycles. The molecule has 2 rings (SSSR count). The number of ketones is 1. The topological polar surface area (TPSA) is 76.0 Å². The molecule has 2 aromatic carbocycles. The molecule has 5 heteroatoms. The van der Waals surface area contributed by atoms with E-state index >= 15 is 0 Å². The number of phenols is 2. The number of Topliss-reactive ketones (excluding diaryl/α,β-unsaturated/α-hetero) is 1. The lowest BCUT2D eigenvalue weighted by Crippen LogP contribution is -2.07. The summed E-state index contributed by atoms with van der Waals surface area (Å²) in [6.07, 6.45) is 0.472. The van der Waals surface area contributed by atoms with Crippen LogP contribution >= 0.6 is 0 Å². The number of carbonyl (C=O) groups is 1. The van der Waals surface area contributed by atoms with Gasteiger partial charge in [0, 0.05) is 12.8 Å². The Hall–Kier alpha value is -2.69. The second kappa shape index (κ2) is 6.85. The van der Waals surface area contributed by atoms with E-state index in [9.17, 15) is 15.0 Å². The second-order valence-corrected chi connectivity index (χ2v) is 4.90. The van der Waals surface area contributed by atoms with Gasteiger partial charge < -0.3 is 19.7 Å². The van der Waals surface area contributed by atoms with Crippen molar-refractivity contribution in [2.45, 2.75) is 12.8 Å². The van der Waals surface area contributed by atoms with Crippen LogP contribution < -0.4 is 9.47 Å². The molecule has 0 amide bonds.